The van der Waals surface area contributed by atoms with Gasteiger partial charge >= 0.3 is 6.09 Å². The topological polar surface area (TPSA) is 54.6 Å². The summed E-state index contributed by atoms with van der Waals surface area (Å²) in [6.07, 6.45) is -0.275. The lowest BCUT2D eigenvalue weighted by molar-refractivity contribution is 0.0241. The normalized spacial score (nSPS) is 14.4. The fourth-order valence-corrected chi connectivity index (χ4v) is 2.62. The number of hydrogen-bond acceptors (Lipinski definition) is 3. The van der Waals surface area contributed by atoms with Gasteiger partial charge in [0.15, 0.2) is 0 Å². The number of benzene rings is 1. The number of ether oxygens (including phenoxy) is 2. The van der Waals surface area contributed by atoms with Crippen LogP contribution in [0.3, 0.4) is 0 Å². The smallest absolute Gasteiger partial charge is 0.410 e. The molecule has 3 rings (SSSR count). The zero-order valence-corrected chi connectivity index (χ0v) is 12.8. The van der Waals surface area contributed by atoms with Gasteiger partial charge in [-0.2, -0.15) is 0 Å². The quantitative estimate of drug-likeness (QED) is 0.874. The Kier molecular flexibility index (Phi) is 3.08. The van der Waals surface area contributed by atoms with E-state index in [1.54, 1.807) is 12.0 Å². The second-order valence-electron chi connectivity index (χ2n) is 6.33. The summed E-state index contributed by atoms with van der Waals surface area (Å²) in [5.74, 6) is 0.819. The van der Waals surface area contributed by atoms with Crippen LogP contribution in [-0.2, 0) is 17.8 Å². The van der Waals surface area contributed by atoms with Crippen LogP contribution < -0.4 is 4.74 Å². The molecule has 112 valence electrons. The van der Waals surface area contributed by atoms with Crippen molar-refractivity contribution in [1.29, 1.82) is 0 Å². The molecule has 0 spiro atoms. The van der Waals surface area contributed by atoms with Crippen molar-refractivity contribution in [2.24, 2.45) is 0 Å². The summed E-state index contributed by atoms with van der Waals surface area (Å²) < 4.78 is 10.7. The van der Waals surface area contributed by atoms with Crippen molar-refractivity contribution in [2.75, 3.05) is 7.11 Å². The molecule has 0 saturated heterocycles. The van der Waals surface area contributed by atoms with E-state index in [4.69, 9.17) is 9.47 Å². The van der Waals surface area contributed by atoms with Gasteiger partial charge in [0, 0.05) is 22.2 Å². The molecule has 0 atom stereocenters. The summed E-state index contributed by atoms with van der Waals surface area (Å²) in [6, 6.07) is 5.94. The van der Waals surface area contributed by atoms with Gasteiger partial charge in [0.05, 0.1) is 20.2 Å². The lowest BCUT2D eigenvalue weighted by Gasteiger charge is -2.24. The highest BCUT2D eigenvalue weighted by atomic mass is 16.6. The number of fused-ring (bicyclic) bond motifs is 3. The Bertz CT molecular complexity index is 697. The molecule has 0 unspecified atom stereocenters. The molecule has 1 aliphatic rings. The summed E-state index contributed by atoms with van der Waals surface area (Å²) in [4.78, 5) is 17.2. The van der Waals surface area contributed by atoms with Crippen LogP contribution in [0, 0.1) is 0 Å². The third-order valence-electron chi connectivity index (χ3n) is 3.55. The molecule has 21 heavy (non-hydrogen) atoms. The maximum absolute atomic E-state index is 12.2. The number of amides is 1. The van der Waals surface area contributed by atoms with Gasteiger partial charge in [-0.15, -0.1) is 0 Å². The summed E-state index contributed by atoms with van der Waals surface area (Å²) in [5, 5.41) is 1.11. The second kappa shape index (κ2) is 4.69. The molecule has 5 heteroatoms. The van der Waals surface area contributed by atoms with E-state index in [0.717, 1.165) is 27.9 Å². The number of aromatic nitrogens is 1. The Hall–Kier alpha value is -2.17. The molecule has 1 amide bonds. The van der Waals surface area contributed by atoms with Crippen LogP contribution in [0.25, 0.3) is 10.9 Å². The SMILES string of the molecule is COc1ccc2[nH]c3c(c2c1)CN(C(=O)OC(C)(C)C)C3. The minimum absolute atomic E-state index is 0.275. The van der Waals surface area contributed by atoms with Gasteiger partial charge in [0.25, 0.3) is 0 Å². The highest BCUT2D eigenvalue weighted by Crippen LogP contribution is 2.33. The van der Waals surface area contributed by atoms with Crippen molar-refractivity contribution in [2.45, 2.75) is 39.5 Å². The monoisotopic (exact) mass is 288 g/mol. The Morgan fingerprint density at radius 3 is 2.71 bits per heavy atom. The van der Waals surface area contributed by atoms with Crippen molar-refractivity contribution in [3.05, 3.63) is 29.5 Å². The van der Waals surface area contributed by atoms with Crippen LogP contribution in [0.5, 0.6) is 5.75 Å². The highest BCUT2D eigenvalue weighted by molar-refractivity contribution is 5.87. The summed E-state index contributed by atoms with van der Waals surface area (Å²) in [7, 11) is 1.65. The largest absolute Gasteiger partial charge is 0.497 e. The fourth-order valence-electron chi connectivity index (χ4n) is 2.62. The molecule has 1 aliphatic heterocycles. The van der Waals surface area contributed by atoms with Gasteiger partial charge < -0.3 is 14.5 Å². The Morgan fingerprint density at radius 1 is 1.29 bits per heavy atom. The third kappa shape index (κ3) is 2.55. The molecule has 0 bridgehead atoms. The number of nitrogens with one attached hydrogen (secondary N) is 1. The van der Waals surface area contributed by atoms with Crippen molar-refractivity contribution in [3.63, 3.8) is 0 Å². The van der Waals surface area contributed by atoms with Crippen molar-refractivity contribution < 1.29 is 14.3 Å². The van der Waals surface area contributed by atoms with Gasteiger partial charge in [-0.1, -0.05) is 0 Å². The van der Waals surface area contributed by atoms with E-state index in [9.17, 15) is 4.79 Å². The number of aromatic amines is 1. The van der Waals surface area contributed by atoms with E-state index in [1.807, 2.05) is 39.0 Å². The first-order valence-electron chi connectivity index (χ1n) is 7.03. The van der Waals surface area contributed by atoms with Crippen LogP contribution in [0.1, 0.15) is 32.0 Å². The Morgan fingerprint density at radius 2 is 2.05 bits per heavy atom. The standard InChI is InChI=1S/C16H20N2O3/c1-16(2,3)21-15(19)18-8-12-11-7-10(20-4)5-6-13(11)17-14(12)9-18/h5-7,17H,8-9H2,1-4H3. The van der Waals surface area contributed by atoms with Gasteiger partial charge in [-0.05, 0) is 39.0 Å². The van der Waals surface area contributed by atoms with Crippen LogP contribution in [0.2, 0.25) is 0 Å². The van der Waals surface area contributed by atoms with Crippen LogP contribution in [0.4, 0.5) is 4.79 Å². The molecule has 0 saturated carbocycles. The molecule has 1 N–H and O–H groups in total. The Labute approximate surface area is 123 Å². The van der Waals surface area contributed by atoms with Gasteiger partial charge in [0.2, 0.25) is 0 Å². The van der Waals surface area contributed by atoms with E-state index < -0.39 is 5.60 Å². The first-order chi connectivity index (χ1) is 9.87. The maximum Gasteiger partial charge on any atom is 0.410 e. The molecule has 1 aromatic carbocycles. The molecule has 0 fully saturated rings. The zero-order valence-electron chi connectivity index (χ0n) is 12.8. The second-order valence-corrected chi connectivity index (χ2v) is 6.33. The molecular formula is C16H20N2O3. The molecule has 0 aliphatic carbocycles. The molecule has 5 nitrogen and oxygen atoms in total. The third-order valence-corrected chi connectivity index (χ3v) is 3.55. The molecule has 0 radical (unpaired) electrons. The lowest BCUT2D eigenvalue weighted by atomic mass is 10.1. The van der Waals surface area contributed by atoms with Crippen molar-refractivity contribution in [3.8, 4) is 5.75 Å². The number of methoxy groups -OCH3 is 1. The molecule has 2 heterocycles. The number of hydrogen-bond donors (Lipinski definition) is 1. The minimum Gasteiger partial charge on any atom is -0.497 e. The maximum atomic E-state index is 12.2. The first kappa shape index (κ1) is 13.8. The van der Waals surface area contributed by atoms with E-state index >= 15 is 0 Å². The lowest BCUT2D eigenvalue weighted by Crippen LogP contribution is -2.33. The van der Waals surface area contributed by atoms with Gasteiger partial charge in [0.1, 0.15) is 11.4 Å². The van der Waals surface area contributed by atoms with E-state index in [0.29, 0.717) is 13.1 Å². The van der Waals surface area contributed by atoms with Crippen molar-refractivity contribution >= 4 is 17.0 Å². The molecular weight excluding hydrogens is 268 g/mol. The summed E-state index contributed by atoms with van der Waals surface area (Å²) >= 11 is 0. The number of carbonyl (C=O) groups is 1. The molecule has 2 aromatic rings. The summed E-state index contributed by atoms with van der Waals surface area (Å²) in [6.45, 7) is 6.75. The van der Waals surface area contributed by atoms with Crippen LogP contribution in [0.15, 0.2) is 18.2 Å². The first-order valence-corrected chi connectivity index (χ1v) is 7.03. The average molecular weight is 288 g/mol. The van der Waals surface area contributed by atoms with Gasteiger partial charge in [-0.3, -0.25) is 4.90 Å². The summed E-state index contributed by atoms with van der Waals surface area (Å²) in [5.41, 5.74) is 2.82. The predicted molar refractivity (Wildman–Crippen MR) is 80.3 cm³/mol. The number of nitrogens with zero attached hydrogens (tertiary/aromatic N) is 1. The number of rotatable bonds is 1. The van der Waals surface area contributed by atoms with E-state index in [1.165, 1.54) is 0 Å². The van der Waals surface area contributed by atoms with Crippen LogP contribution >= 0.6 is 0 Å². The van der Waals surface area contributed by atoms with Crippen molar-refractivity contribution in [1.82, 2.24) is 9.88 Å². The van der Waals surface area contributed by atoms with E-state index in [-0.39, 0.29) is 6.09 Å². The van der Waals surface area contributed by atoms with Crippen LogP contribution in [-0.4, -0.2) is 28.7 Å². The van der Waals surface area contributed by atoms with E-state index in [2.05, 4.69) is 4.98 Å². The Balaban J connectivity index is 1.86. The minimum atomic E-state index is -0.474. The number of H-pyrrole nitrogens is 1. The van der Waals surface area contributed by atoms with Gasteiger partial charge in [-0.25, -0.2) is 4.79 Å². The average Bonchev–Trinajstić information content (AvgIpc) is 2.93. The molecule has 1 aromatic heterocycles. The zero-order chi connectivity index (χ0) is 15.2. The fraction of sp³-hybridized carbons (Fsp3) is 0.438. The predicted octanol–water partition coefficient (Wildman–Crippen LogP) is 3.43. The number of carbonyl (C=O) groups excluding carboxylic acids is 1. The highest BCUT2D eigenvalue weighted by Gasteiger charge is 2.30.